The Bertz CT molecular complexity index is 938. The molecular formula is C49H98NO8P. The number of ether oxygens (including phenoxy) is 1. The quantitative estimate of drug-likeness (QED) is 0.0313. The highest BCUT2D eigenvalue weighted by Crippen LogP contribution is 2.42. The van der Waals surface area contributed by atoms with Crippen molar-refractivity contribution in [3.05, 3.63) is 0 Å². The van der Waals surface area contributed by atoms with Crippen LogP contribution in [0.5, 0.6) is 0 Å². The number of hydrogen-bond acceptors (Lipinski definition) is 7. The van der Waals surface area contributed by atoms with Gasteiger partial charge in [0.1, 0.15) is 12.7 Å². The lowest BCUT2D eigenvalue weighted by Crippen LogP contribution is -2.27. The molecular weight excluding hydrogens is 762 g/mol. The molecule has 0 aromatic heterocycles. The molecule has 0 aliphatic rings. The summed E-state index contributed by atoms with van der Waals surface area (Å²) in [5.74, 6) is -0.498. The molecule has 0 saturated carbocycles. The van der Waals surface area contributed by atoms with Crippen LogP contribution in [-0.2, 0) is 27.9 Å². The number of carbonyl (C=O) groups is 2. The van der Waals surface area contributed by atoms with Gasteiger partial charge in [0.25, 0.3) is 0 Å². The highest BCUT2D eigenvalue weighted by Gasteiger charge is 2.23. The molecule has 0 saturated heterocycles. The van der Waals surface area contributed by atoms with Crippen LogP contribution in [0.1, 0.15) is 271 Å². The number of carbonyl (C=O) groups excluding carboxylic acids is 2. The number of amides is 1. The van der Waals surface area contributed by atoms with E-state index in [2.05, 4.69) is 19.2 Å². The van der Waals surface area contributed by atoms with Gasteiger partial charge in [0.15, 0.2) is 0 Å². The lowest BCUT2D eigenvalue weighted by atomic mass is 10.0. The average molecular weight is 860 g/mol. The lowest BCUT2D eigenvalue weighted by molar-refractivity contribution is -0.147. The SMILES string of the molecule is CCCCCCCCCCCCCCCCCCCCCCCC(=O)NCCOP(=O)(O)OCC(O)COC(=O)CCCCCCCCCCCCCCCCCCC. The Hall–Kier alpha value is -0.990. The van der Waals surface area contributed by atoms with Crippen LogP contribution >= 0.6 is 7.82 Å². The van der Waals surface area contributed by atoms with Crippen molar-refractivity contribution in [2.45, 2.75) is 277 Å². The molecule has 9 nitrogen and oxygen atoms in total. The predicted molar refractivity (Wildman–Crippen MR) is 248 cm³/mol. The second-order valence-electron chi connectivity index (χ2n) is 17.5. The second-order valence-corrected chi connectivity index (χ2v) is 19.0. The molecule has 0 rings (SSSR count). The molecule has 0 aromatic carbocycles. The maximum absolute atomic E-state index is 12.1. The molecule has 1 amide bonds. The van der Waals surface area contributed by atoms with Gasteiger partial charge in [-0.3, -0.25) is 18.6 Å². The summed E-state index contributed by atoms with van der Waals surface area (Å²) in [5, 5.41) is 12.7. The van der Waals surface area contributed by atoms with Gasteiger partial charge in [-0.25, -0.2) is 4.57 Å². The Morgan fingerprint density at radius 2 is 0.763 bits per heavy atom. The summed E-state index contributed by atoms with van der Waals surface area (Å²) in [6.45, 7) is 3.62. The summed E-state index contributed by atoms with van der Waals surface area (Å²) < 4.78 is 27.0. The molecule has 2 atom stereocenters. The van der Waals surface area contributed by atoms with Gasteiger partial charge in [0.05, 0.1) is 13.2 Å². The summed E-state index contributed by atoms with van der Waals surface area (Å²) in [7, 11) is -4.41. The van der Waals surface area contributed by atoms with Crippen LogP contribution in [-0.4, -0.2) is 54.3 Å². The zero-order chi connectivity index (χ0) is 43.2. The van der Waals surface area contributed by atoms with E-state index in [-0.39, 0.29) is 25.7 Å². The van der Waals surface area contributed by atoms with E-state index in [1.165, 1.54) is 205 Å². The van der Waals surface area contributed by atoms with Gasteiger partial charge >= 0.3 is 13.8 Å². The van der Waals surface area contributed by atoms with Crippen LogP contribution in [0.15, 0.2) is 0 Å². The van der Waals surface area contributed by atoms with Crippen molar-refractivity contribution >= 4 is 19.7 Å². The number of nitrogens with one attached hydrogen (secondary N) is 1. The Kier molecular flexibility index (Phi) is 45.7. The Morgan fingerprint density at radius 3 is 1.10 bits per heavy atom. The van der Waals surface area contributed by atoms with Gasteiger partial charge in [0, 0.05) is 19.4 Å². The Balaban J connectivity index is 3.50. The maximum atomic E-state index is 12.1. The first-order valence-corrected chi connectivity index (χ1v) is 27.0. The zero-order valence-corrected chi connectivity index (χ0v) is 39.9. The fourth-order valence-corrected chi connectivity index (χ4v) is 8.44. The molecule has 0 heterocycles. The minimum Gasteiger partial charge on any atom is -0.463 e. The van der Waals surface area contributed by atoms with E-state index < -0.39 is 26.5 Å². The van der Waals surface area contributed by atoms with E-state index in [4.69, 9.17) is 13.8 Å². The van der Waals surface area contributed by atoms with E-state index in [9.17, 15) is 24.2 Å². The third-order valence-corrected chi connectivity index (χ3v) is 12.5. The van der Waals surface area contributed by atoms with E-state index in [0.717, 1.165) is 38.5 Å². The minimum atomic E-state index is -4.41. The highest BCUT2D eigenvalue weighted by atomic mass is 31.2. The third kappa shape index (κ3) is 47.9. The van der Waals surface area contributed by atoms with Crippen molar-refractivity contribution in [2.75, 3.05) is 26.4 Å². The fraction of sp³-hybridized carbons (Fsp3) is 0.959. The Labute approximate surface area is 365 Å². The standard InChI is InChI=1S/C49H98NO8P/c1-3-5-7-9-11-13-15-17-19-21-22-23-24-26-27-29-31-33-35-37-39-41-48(52)50-43-44-57-59(54,55)58-46-47(51)45-56-49(53)42-40-38-36-34-32-30-28-25-20-18-16-14-12-10-8-6-4-2/h47,51H,3-46H2,1-2H3,(H,50,52)(H,54,55). The number of hydrogen-bond donors (Lipinski definition) is 3. The van der Waals surface area contributed by atoms with E-state index >= 15 is 0 Å². The van der Waals surface area contributed by atoms with Gasteiger partial charge in [-0.2, -0.15) is 0 Å². The monoisotopic (exact) mass is 860 g/mol. The van der Waals surface area contributed by atoms with Crippen molar-refractivity contribution in [2.24, 2.45) is 0 Å². The van der Waals surface area contributed by atoms with E-state index in [0.29, 0.717) is 12.8 Å². The smallest absolute Gasteiger partial charge is 0.463 e. The highest BCUT2D eigenvalue weighted by molar-refractivity contribution is 7.47. The predicted octanol–water partition coefficient (Wildman–Crippen LogP) is 14.8. The van der Waals surface area contributed by atoms with Gasteiger partial charge in [0.2, 0.25) is 5.91 Å². The summed E-state index contributed by atoms with van der Waals surface area (Å²) in [6, 6.07) is 0. The molecule has 0 aliphatic carbocycles. The third-order valence-electron chi connectivity index (χ3n) is 11.5. The van der Waals surface area contributed by atoms with Crippen LogP contribution in [0.2, 0.25) is 0 Å². The molecule has 0 radical (unpaired) electrons. The molecule has 0 spiro atoms. The fourth-order valence-electron chi connectivity index (χ4n) is 7.68. The summed E-state index contributed by atoms with van der Waals surface area (Å²) in [6.07, 6.45) is 49.0. The molecule has 0 fully saturated rings. The Morgan fingerprint density at radius 1 is 0.458 bits per heavy atom. The maximum Gasteiger partial charge on any atom is 0.472 e. The average Bonchev–Trinajstić information content (AvgIpc) is 3.22. The molecule has 352 valence electrons. The molecule has 0 bridgehead atoms. The number of phosphoric ester groups is 1. The zero-order valence-electron chi connectivity index (χ0n) is 39.0. The minimum absolute atomic E-state index is 0.0889. The largest absolute Gasteiger partial charge is 0.472 e. The normalized spacial score (nSPS) is 13.1. The molecule has 2 unspecified atom stereocenters. The van der Waals surface area contributed by atoms with E-state index in [1.807, 2.05) is 0 Å². The lowest BCUT2D eigenvalue weighted by Gasteiger charge is -2.15. The number of unbranched alkanes of at least 4 members (excludes halogenated alkanes) is 36. The van der Waals surface area contributed by atoms with Gasteiger partial charge in [-0.1, -0.05) is 245 Å². The number of phosphoric acid groups is 1. The van der Waals surface area contributed by atoms with Crippen molar-refractivity contribution in [3.8, 4) is 0 Å². The van der Waals surface area contributed by atoms with Gasteiger partial charge < -0.3 is 20.1 Å². The molecule has 0 aliphatic heterocycles. The summed E-state index contributed by atoms with van der Waals surface area (Å²) >= 11 is 0. The van der Waals surface area contributed by atoms with Gasteiger partial charge in [-0.15, -0.1) is 0 Å². The van der Waals surface area contributed by atoms with Crippen molar-refractivity contribution in [3.63, 3.8) is 0 Å². The van der Waals surface area contributed by atoms with Crippen molar-refractivity contribution in [1.29, 1.82) is 0 Å². The first-order chi connectivity index (χ1) is 28.8. The van der Waals surface area contributed by atoms with Crippen LogP contribution in [0.3, 0.4) is 0 Å². The summed E-state index contributed by atoms with van der Waals surface area (Å²) in [5.41, 5.74) is 0. The molecule has 3 N–H and O–H groups in total. The number of aliphatic hydroxyl groups excluding tert-OH is 1. The first kappa shape index (κ1) is 58.0. The second kappa shape index (κ2) is 46.5. The number of rotatable bonds is 49. The van der Waals surface area contributed by atoms with Crippen LogP contribution in [0.25, 0.3) is 0 Å². The van der Waals surface area contributed by atoms with Crippen molar-refractivity contribution in [1.82, 2.24) is 5.32 Å². The van der Waals surface area contributed by atoms with E-state index in [1.54, 1.807) is 0 Å². The topological polar surface area (TPSA) is 131 Å². The van der Waals surface area contributed by atoms with Crippen LogP contribution < -0.4 is 5.32 Å². The van der Waals surface area contributed by atoms with Crippen molar-refractivity contribution < 1.29 is 37.9 Å². The number of esters is 1. The van der Waals surface area contributed by atoms with Gasteiger partial charge in [-0.05, 0) is 12.8 Å². The van der Waals surface area contributed by atoms with Crippen LogP contribution in [0, 0.1) is 0 Å². The first-order valence-electron chi connectivity index (χ1n) is 25.5. The summed E-state index contributed by atoms with van der Waals surface area (Å²) in [4.78, 5) is 34.0. The van der Waals surface area contributed by atoms with Crippen LogP contribution in [0.4, 0.5) is 0 Å². The molecule has 59 heavy (non-hydrogen) atoms. The molecule has 0 aromatic rings. The molecule has 10 heteroatoms. The number of aliphatic hydroxyl groups is 1.